The second-order valence-corrected chi connectivity index (χ2v) is 6.36. The maximum absolute atomic E-state index is 13.2. The van der Waals surface area contributed by atoms with Crippen LogP contribution in [0.15, 0.2) is 40.9 Å². The molecule has 8 nitrogen and oxygen atoms in total. The molecule has 142 valence electrons. The number of amides is 2. The summed E-state index contributed by atoms with van der Waals surface area (Å²) in [5.74, 6) is -2.24. The second-order valence-electron chi connectivity index (χ2n) is 5.44. The SMILES string of the molecule is Cc1cc(Br)ccc1NC(=O)CNC(=O)COc1cc(F)ccc1[N+](=O)[O-]. The predicted octanol–water partition coefficient (Wildman–Crippen LogP) is 2.94. The van der Waals surface area contributed by atoms with Crippen molar-refractivity contribution >= 4 is 39.1 Å². The van der Waals surface area contributed by atoms with Gasteiger partial charge in [0.25, 0.3) is 5.91 Å². The van der Waals surface area contributed by atoms with Crippen LogP contribution in [0.5, 0.6) is 5.75 Å². The molecular formula is C17H15BrFN3O5. The summed E-state index contributed by atoms with van der Waals surface area (Å²) in [4.78, 5) is 33.8. The van der Waals surface area contributed by atoms with E-state index in [4.69, 9.17) is 4.74 Å². The van der Waals surface area contributed by atoms with Crippen LogP contribution in [0.1, 0.15) is 5.56 Å². The van der Waals surface area contributed by atoms with Gasteiger partial charge in [-0.25, -0.2) is 4.39 Å². The summed E-state index contributed by atoms with van der Waals surface area (Å²) in [6, 6.07) is 7.98. The fraction of sp³-hybridized carbons (Fsp3) is 0.176. The lowest BCUT2D eigenvalue weighted by molar-refractivity contribution is -0.385. The van der Waals surface area contributed by atoms with E-state index in [2.05, 4.69) is 26.6 Å². The molecule has 0 aromatic heterocycles. The smallest absolute Gasteiger partial charge is 0.311 e. The van der Waals surface area contributed by atoms with E-state index in [0.717, 1.165) is 28.2 Å². The van der Waals surface area contributed by atoms with Crippen LogP contribution in [0.2, 0.25) is 0 Å². The molecule has 2 aromatic rings. The number of nitrogens with one attached hydrogen (secondary N) is 2. The highest BCUT2D eigenvalue weighted by Crippen LogP contribution is 2.27. The zero-order valence-corrected chi connectivity index (χ0v) is 15.7. The Bertz CT molecular complexity index is 891. The predicted molar refractivity (Wildman–Crippen MR) is 99.1 cm³/mol. The van der Waals surface area contributed by atoms with Crippen LogP contribution in [0.4, 0.5) is 15.8 Å². The molecule has 0 aliphatic carbocycles. The van der Waals surface area contributed by atoms with Crippen LogP contribution in [0, 0.1) is 22.9 Å². The van der Waals surface area contributed by atoms with E-state index in [0.29, 0.717) is 5.69 Å². The molecule has 0 unspecified atom stereocenters. The fourth-order valence-electron chi connectivity index (χ4n) is 2.09. The molecule has 0 bridgehead atoms. The average molecular weight is 440 g/mol. The Morgan fingerprint density at radius 1 is 1.22 bits per heavy atom. The third kappa shape index (κ3) is 6.03. The zero-order valence-electron chi connectivity index (χ0n) is 14.1. The molecule has 0 aliphatic rings. The summed E-state index contributed by atoms with van der Waals surface area (Å²) in [6.07, 6.45) is 0. The molecule has 10 heteroatoms. The third-order valence-electron chi connectivity index (χ3n) is 3.39. The van der Waals surface area contributed by atoms with E-state index in [-0.39, 0.29) is 12.3 Å². The highest BCUT2D eigenvalue weighted by atomic mass is 79.9. The number of nitro groups is 1. The average Bonchev–Trinajstić information content (AvgIpc) is 2.60. The Morgan fingerprint density at radius 3 is 2.63 bits per heavy atom. The molecule has 0 saturated carbocycles. The largest absolute Gasteiger partial charge is 0.477 e. The lowest BCUT2D eigenvalue weighted by Gasteiger charge is -2.10. The topological polar surface area (TPSA) is 111 Å². The molecule has 2 aromatic carbocycles. The summed E-state index contributed by atoms with van der Waals surface area (Å²) >= 11 is 3.32. The summed E-state index contributed by atoms with van der Waals surface area (Å²) in [5.41, 5.74) is 0.975. The number of carbonyl (C=O) groups excluding carboxylic acids is 2. The molecule has 0 radical (unpaired) electrons. The van der Waals surface area contributed by atoms with Crippen LogP contribution < -0.4 is 15.4 Å². The molecule has 2 rings (SSSR count). The van der Waals surface area contributed by atoms with Gasteiger partial charge < -0.3 is 15.4 Å². The Kier molecular flexibility index (Phi) is 6.83. The van der Waals surface area contributed by atoms with Crippen molar-refractivity contribution in [2.75, 3.05) is 18.5 Å². The van der Waals surface area contributed by atoms with Crippen LogP contribution in [-0.2, 0) is 9.59 Å². The molecule has 0 fully saturated rings. The molecule has 0 aliphatic heterocycles. The van der Waals surface area contributed by atoms with Gasteiger partial charge in [-0.3, -0.25) is 19.7 Å². The Balaban J connectivity index is 1.85. The summed E-state index contributed by atoms with van der Waals surface area (Å²) in [7, 11) is 0. The first-order valence-electron chi connectivity index (χ1n) is 7.65. The van der Waals surface area contributed by atoms with Crippen molar-refractivity contribution in [3.8, 4) is 5.75 Å². The number of halogens is 2. The third-order valence-corrected chi connectivity index (χ3v) is 3.88. The van der Waals surface area contributed by atoms with Crippen molar-refractivity contribution in [3.63, 3.8) is 0 Å². The lowest BCUT2D eigenvalue weighted by atomic mass is 10.2. The van der Waals surface area contributed by atoms with Gasteiger partial charge in [0.2, 0.25) is 11.7 Å². The van der Waals surface area contributed by atoms with Crippen LogP contribution in [0.25, 0.3) is 0 Å². The van der Waals surface area contributed by atoms with Gasteiger partial charge in [-0.15, -0.1) is 0 Å². The number of hydrogen-bond acceptors (Lipinski definition) is 5. The maximum atomic E-state index is 13.2. The normalized spacial score (nSPS) is 10.2. The maximum Gasteiger partial charge on any atom is 0.311 e. The van der Waals surface area contributed by atoms with Gasteiger partial charge in [0.15, 0.2) is 6.61 Å². The van der Waals surface area contributed by atoms with Gasteiger partial charge in [0, 0.05) is 22.3 Å². The van der Waals surface area contributed by atoms with E-state index < -0.39 is 34.8 Å². The fourth-order valence-corrected chi connectivity index (χ4v) is 2.56. The minimum atomic E-state index is -0.749. The first kappa shape index (κ1) is 20.3. The van der Waals surface area contributed by atoms with Crippen molar-refractivity contribution in [2.24, 2.45) is 0 Å². The Labute approximate surface area is 162 Å². The van der Waals surface area contributed by atoms with Gasteiger partial charge in [0.05, 0.1) is 11.5 Å². The first-order chi connectivity index (χ1) is 12.8. The minimum Gasteiger partial charge on any atom is -0.477 e. The molecule has 2 amide bonds. The molecule has 0 saturated heterocycles. The van der Waals surface area contributed by atoms with E-state index >= 15 is 0 Å². The van der Waals surface area contributed by atoms with Gasteiger partial charge in [-0.2, -0.15) is 0 Å². The van der Waals surface area contributed by atoms with Gasteiger partial charge in [-0.1, -0.05) is 15.9 Å². The summed E-state index contributed by atoms with van der Waals surface area (Å²) in [6.45, 7) is 0.899. The van der Waals surface area contributed by atoms with Crippen LogP contribution in [-0.4, -0.2) is 29.9 Å². The number of benzene rings is 2. The van der Waals surface area contributed by atoms with Crippen molar-refractivity contribution < 1.29 is 23.6 Å². The van der Waals surface area contributed by atoms with Crippen molar-refractivity contribution in [3.05, 3.63) is 62.4 Å². The first-order valence-corrected chi connectivity index (χ1v) is 8.45. The second kappa shape index (κ2) is 9.08. The number of nitro benzene ring substituents is 1. The van der Waals surface area contributed by atoms with Gasteiger partial charge >= 0.3 is 5.69 Å². The number of rotatable bonds is 7. The highest BCUT2D eigenvalue weighted by molar-refractivity contribution is 9.10. The molecule has 0 atom stereocenters. The quantitative estimate of drug-likeness (QED) is 0.508. The van der Waals surface area contributed by atoms with Crippen molar-refractivity contribution in [1.29, 1.82) is 0 Å². The number of anilines is 1. The minimum absolute atomic E-state index is 0.317. The van der Waals surface area contributed by atoms with E-state index in [1.807, 2.05) is 13.0 Å². The van der Waals surface area contributed by atoms with Crippen LogP contribution >= 0.6 is 15.9 Å². The van der Waals surface area contributed by atoms with E-state index in [9.17, 15) is 24.1 Å². The van der Waals surface area contributed by atoms with Crippen molar-refractivity contribution in [1.82, 2.24) is 5.32 Å². The number of aryl methyl sites for hydroxylation is 1. The lowest BCUT2D eigenvalue weighted by Crippen LogP contribution is -2.35. The number of ether oxygens (including phenoxy) is 1. The van der Waals surface area contributed by atoms with Crippen molar-refractivity contribution in [2.45, 2.75) is 6.92 Å². The summed E-state index contributed by atoms with van der Waals surface area (Å²) < 4.78 is 19.1. The number of hydrogen-bond donors (Lipinski definition) is 2. The Morgan fingerprint density at radius 2 is 1.96 bits per heavy atom. The number of carbonyl (C=O) groups is 2. The molecular weight excluding hydrogens is 425 g/mol. The monoisotopic (exact) mass is 439 g/mol. The molecule has 27 heavy (non-hydrogen) atoms. The van der Waals surface area contributed by atoms with Crippen LogP contribution in [0.3, 0.4) is 0 Å². The molecule has 0 heterocycles. The molecule has 2 N–H and O–H groups in total. The zero-order chi connectivity index (χ0) is 20.0. The summed E-state index contributed by atoms with van der Waals surface area (Å²) in [5, 5.41) is 15.8. The number of nitrogens with zero attached hydrogens (tertiary/aromatic N) is 1. The Hall–Kier alpha value is -3.01. The van der Waals surface area contributed by atoms with E-state index in [1.165, 1.54) is 0 Å². The standard InChI is InChI=1S/C17H15BrFN3O5/c1-10-6-11(18)2-4-13(10)21-16(23)8-20-17(24)9-27-15-7-12(19)3-5-14(15)22(25)26/h2-7H,8-9H2,1H3,(H,20,24)(H,21,23). The van der Waals surface area contributed by atoms with Gasteiger partial charge in [-0.05, 0) is 36.8 Å². The van der Waals surface area contributed by atoms with E-state index in [1.54, 1.807) is 12.1 Å². The van der Waals surface area contributed by atoms with Gasteiger partial charge in [0.1, 0.15) is 5.82 Å². The highest BCUT2D eigenvalue weighted by Gasteiger charge is 2.17. The molecule has 0 spiro atoms.